The van der Waals surface area contributed by atoms with E-state index >= 15 is 0 Å². The van der Waals surface area contributed by atoms with E-state index in [4.69, 9.17) is 12.3 Å². The minimum atomic E-state index is -2.30. The van der Waals surface area contributed by atoms with Gasteiger partial charge in [0.25, 0.3) is 0 Å². The van der Waals surface area contributed by atoms with Crippen LogP contribution in [-0.2, 0) is 12.3 Å². The highest BCUT2D eigenvalue weighted by Crippen LogP contribution is 2.65. The van der Waals surface area contributed by atoms with Crippen molar-refractivity contribution in [3.05, 3.63) is 0 Å². The van der Waals surface area contributed by atoms with Gasteiger partial charge >= 0.3 is 25.7 Å². The van der Waals surface area contributed by atoms with Gasteiger partial charge in [0.15, 0.2) is 0 Å². The smallest absolute Gasteiger partial charge is 0.324 e. The third-order valence-electron chi connectivity index (χ3n) is 6.96. The van der Waals surface area contributed by atoms with Crippen molar-refractivity contribution in [3.63, 3.8) is 0 Å². The summed E-state index contributed by atoms with van der Waals surface area (Å²) in [6.07, 6.45) is 7.99. The predicted octanol–water partition coefficient (Wildman–Crippen LogP) is 8.01. The molecule has 3 nitrogen and oxygen atoms in total. The Hall–Kier alpha value is 0.531. The normalized spacial score (nSPS) is 38.7. The largest absolute Gasteiger partial charge is 0.415 e. The van der Waals surface area contributed by atoms with E-state index in [1.54, 1.807) is 0 Å². The Balaban J connectivity index is 1.81. The second-order valence-electron chi connectivity index (χ2n) is 14.8. The van der Waals surface area contributed by atoms with Crippen molar-refractivity contribution in [3.8, 4) is 0 Å². The van der Waals surface area contributed by atoms with E-state index in [1.165, 1.54) is 38.5 Å². The minimum absolute atomic E-state index is 0.253. The first-order valence-corrected chi connectivity index (χ1v) is 19.0. The average Bonchev–Trinajstić information content (AvgIpc) is 3.39. The molecule has 0 unspecified atom stereocenters. The van der Waals surface area contributed by atoms with Gasteiger partial charge in [0.2, 0.25) is 0 Å². The summed E-state index contributed by atoms with van der Waals surface area (Å²) >= 11 is 0. The van der Waals surface area contributed by atoms with Gasteiger partial charge in [0.05, 0.1) is 0 Å². The molecule has 0 aromatic carbocycles. The molecule has 4 fully saturated rings. The summed E-state index contributed by atoms with van der Waals surface area (Å²) in [6.45, 7) is 21.6. The van der Waals surface area contributed by atoms with Gasteiger partial charge in [-0.3, -0.25) is 0 Å². The summed E-state index contributed by atoms with van der Waals surface area (Å²) in [4.78, 5) is 0. The van der Waals surface area contributed by atoms with Gasteiger partial charge in [0, 0.05) is 16.6 Å². The summed E-state index contributed by atoms with van der Waals surface area (Å²) in [5.74, 6) is 0. The second kappa shape index (κ2) is 7.26. The van der Waals surface area contributed by atoms with Crippen molar-refractivity contribution in [2.24, 2.45) is 16.2 Å². The van der Waals surface area contributed by atoms with Crippen LogP contribution in [0.2, 0.25) is 34.8 Å². The Labute approximate surface area is 189 Å². The molecule has 0 bridgehead atoms. The topological polar surface area (TPSA) is 27.7 Å². The molecule has 0 atom stereocenters. The molecule has 3 aliphatic carbocycles. The van der Waals surface area contributed by atoms with E-state index in [0.717, 1.165) is 34.8 Å². The maximum Gasteiger partial charge on any atom is 0.324 e. The molecule has 1 saturated heterocycles. The lowest BCUT2D eigenvalue weighted by Crippen LogP contribution is -2.72. The molecule has 4 aliphatic rings. The van der Waals surface area contributed by atoms with Gasteiger partial charge in [-0.1, -0.05) is 62.3 Å². The van der Waals surface area contributed by atoms with Crippen molar-refractivity contribution in [2.45, 2.75) is 136 Å². The highest BCUT2D eigenvalue weighted by Gasteiger charge is 2.73. The lowest BCUT2D eigenvalue weighted by Gasteiger charge is -2.57. The molecule has 30 heavy (non-hydrogen) atoms. The van der Waals surface area contributed by atoms with E-state index in [1.807, 2.05) is 0 Å². The van der Waals surface area contributed by atoms with Gasteiger partial charge in [-0.2, -0.15) is 0 Å². The molecular weight excluding hydrogens is 421 g/mol. The van der Waals surface area contributed by atoms with Crippen LogP contribution in [0.5, 0.6) is 0 Å². The van der Waals surface area contributed by atoms with Crippen molar-refractivity contribution in [2.75, 3.05) is 0 Å². The van der Waals surface area contributed by atoms with Crippen molar-refractivity contribution < 1.29 is 12.3 Å². The van der Waals surface area contributed by atoms with Crippen LogP contribution in [0.25, 0.3) is 0 Å². The summed E-state index contributed by atoms with van der Waals surface area (Å²) in [7, 11) is -6.91. The molecule has 0 N–H and O–H groups in total. The molecule has 1 aliphatic heterocycles. The van der Waals surface area contributed by atoms with Crippen LogP contribution in [0, 0.1) is 16.2 Å². The molecule has 174 valence electrons. The number of rotatable bonds is 6. The first-order chi connectivity index (χ1) is 13.6. The standard InChI is InChI=1S/C24H48O3Si3/c1-22(2,3)16-28(19-10-11-19)25-29(20-12-13-20,17-23(4,5)6)27-30(26-28,21-14-15-21)18-24(7,8)9/h19-21H,10-18H2,1-9H3. The molecule has 0 aromatic heterocycles. The van der Waals surface area contributed by atoms with Gasteiger partial charge in [-0.05, 0) is 72.9 Å². The van der Waals surface area contributed by atoms with E-state index in [-0.39, 0.29) is 16.2 Å². The maximum atomic E-state index is 7.58. The van der Waals surface area contributed by atoms with Crippen LogP contribution in [0.1, 0.15) is 101 Å². The van der Waals surface area contributed by atoms with Crippen molar-refractivity contribution in [1.82, 2.24) is 0 Å². The fraction of sp³-hybridized carbons (Fsp3) is 1.00. The molecule has 1 heterocycles. The molecule has 0 spiro atoms. The molecule has 6 heteroatoms. The number of hydrogen-bond acceptors (Lipinski definition) is 3. The monoisotopic (exact) mass is 468 g/mol. The van der Waals surface area contributed by atoms with Crippen LogP contribution in [0.15, 0.2) is 0 Å². The van der Waals surface area contributed by atoms with Gasteiger partial charge in [-0.15, -0.1) is 0 Å². The third-order valence-corrected chi connectivity index (χ3v) is 25.4. The van der Waals surface area contributed by atoms with Crippen LogP contribution < -0.4 is 0 Å². The molecule has 0 amide bonds. The van der Waals surface area contributed by atoms with Crippen LogP contribution in [0.3, 0.4) is 0 Å². The predicted molar refractivity (Wildman–Crippen MR) is 132 cm³/mol. The van der Waals surface area contributed by atoms with E-state index in [2.05, 4.69) is 62.3 Å². The SMILES string of the molecule is CC(C)(C)C[Si]1(C2CC2)O[Si](CC(C)(C)C)(C2CC2)O[Si](CC(C)(C)C)(C2CC2)O1. The minimum Gasteiger partial charge on any atom is -0.415 e. The van der Waals surface area contributed by atoms with Gasteiger partial charge < -0.3 is 12.3 Å². The summed E-state index contributed by atoms with van der Waals surface area (Å²) in [5.41, 5.74) is 2.92. The molecule has 4 rings (SSSR count). The fourth-order valence-electron chi connectivity index (χ4n) is 5.88. The van der Waals surface area contributed by atoms with Gasteiger partial charge in [0.1, 0.15) is 0 Å². The Morgan fingerprint density at radius 3 is 0.800 bits per heavy atom. The van der Waals surface area contributed by atoms with E-state index < -0.39 is 25.7 Å². The zero-order valence-corrected chi connectivity index (χ0v) is 24.3. The maximum absolute atomic E-state index is 7.58. The second-order valence-corrected chi connectivity index (χ2v) is 25.6. The van der Waals surface area contributed by atoms with Gasteiger partial charge in [-0.25, -0.2) is 0 Å². The van der Waals surface area contributed by atoms with E-state index in [9.17, 15) is 0 Å². The van der Waals surface area contributed by atoms with Crippen LogP contribution in [-0.4, -0.2) is 25.7 Å². The average molecular weight is 469 g/mol. The van der Waals surface area contributed by atoms with Crippen LogP contribution in [0.4, 0.5) is 0 Å². The summed E-state index contributed by atoms with van der Waals surface area (Å²) in [5, 5.41) is 0. The zero-order valence-electron chi connectivity index (χ0n) is 21.3. The zero-order chi connectivity index (χ0) is 22.2. The van der Waals surface area contributed by atoms with Crippen molar-refractivity contribution >= 4 is 25.7 Å². The quantitative estimate of drug-likeness (QED) is 0.369. The highest BCUT2D eigenvalue weighted by molar-refractivity contribution is 6.96. The van der Waals surface area contributed by atoms with E-state index in [0.29, 0.717) is 0 Å². The Bertz CT molecular complexity index is 550. The Morgan fingerprint density at radius 1 is 0.467 bits per heavy atom. The fourth-order valence-corrected chi connectivity index (χ4v) is 28.7. The molecule has 3 saturated carbocycles. The van der Waals surface area contributed by atoms with Crippen LogP contribution >= 0.6 is 0 Å². The lowest BCUT2D eigenvalue weighted by atomic mass is 10.0. The summed E-state index contributed by atoms with van der Waals surface area (Å²) < 4.78 is 22.7. The molecular formula is C24H48O3Si3. The Kier molecular flexibility index (Phi) is 5.73. The lowest BCUT2D eigenvalue weighted by molar-refractivity contribution is 0.176. The first kappa shape index (κ1) is 23.7. The third kappa shape index (κ3) is 5.36. The molecule has 0 aromatic rings. The first-order valence-electron chi connectivity index (χ1n) is 12.7. The highest BCUT2D eigenvalue weighted by atomic mass is 28.5. The number of hydrogen-bond donors (Lipinski definition) is 0. The molecule has 0 radical (unpaired) electrons. The summed E-state index contributed by atoms with van der Waals surface area (Å²) in [6, 6.07) is 3.47. The Morgan fingerprint density at radius 2 is 0.667 bits per heavy atom. The van der Waals surface area contributed by atoms with Crippen molar-refractivity contribution in [1.29, 1.82) is 0 Å².